The minimum Gasteiger partial charge on any atom is -0.369 e. The molecule has 2 aromatic rings. The summed E-state index contributed by atoms with van der Waals surface area (Å²) in [5.74, 6) is 0.625. The first kappa shape index (κ1) is 12.9. The van der Waals surface area contributed by atoms with Crippen molar-refractivity contribution in [3.05, 3.63) is 23.8 Å². The van der Waals surface area contributed by atoms with Gasteiger partial charge in [0.25, 0.3) is 0 Å². The van der Waals surface area contributed by atoms with Crippen LogP contribution in [0.15, 0.2) is 18.2 Å². The lowest BCUT2D eigenvalue weighted by Gasteiger charge is -2.10. The van der Waals surface area contributed by atoms with E-state index in [0.29, 0.717) is 5.95 Å². The molecule has 1 aromatic carbocycles. The highest BCUT2D eigenvalue weighted by molar-refractivity contribution is 5.79. The molecule has 2 N–H and O–H groups in total. The minimum atomic E-state index is 0.625. The van der Waals surface area contributed by atoms with Gasteiger partial charge < -0.3 is 15.2 Å². The van der Waals surface area contributed by atoms with E-state index in [4.69, 9.17) is 5.73 Å². The van der Waals surface area contributed by atoms with Crippen molar-refractivity contribution in [1.29, 1.82) is 0 Å². The number of hydrogen-bond donors (Lipinski definition) is 1. The summed E-state index contributed by atoms with van der Waals surface area (Å²) in [6.07, 6.45) is 2.31. The highest BCUT2D eigenvalue weighted by Crippen LogP contribution is 2.19. The van der Waals surface area contributed by atoms with Gasteiger partial charge in [0.2, 0.25) is 5.95 Å². The Morgan fingerprint density at radius 3 is 2.78 bits per heavy atom. The molecule has 0 unspecified atom stereocenters. The Bertz CT molecular complexity index is 528. The number of anilines is 1. The third-order valence-electron chi connectivity index (χ3n) is 3.17. The van der Waals surface area contributed by atoms with E-state index in [0.717, 1.165) is 30.5 Å². The maximum atomic E-state index is 5.99. The number of rotatable bonds is 5. The summed E-state index contributed by atoms with van der Waals surface area (Å²) in [5, 5.41) is 0. The molecule has 0 radical (unpaired) electrons. The van der Waals surface area contributed by atoms with Crippen LogP contribution in [0.4, 0.5) is 5.95 Å². The number of unbranched alkanes of at least 4 members (excludes halogenated alkanes) is 1. The zero-order valence-corrected chi connectivity index (χ0v) is 11.5. The fourth-order valence-corrected chi connectivity index (χ4v) is 2.18. The van der Waals surface area contributed by atoms with Crippen molar-refractivity contribution >= 4 is 17.0 Å². The van der Waals surface area contributed by atoms with Crippen LogP contribution in [0.1, 0.15) is 18.4 Å². The van der Waals surface area contributed by atoms with Gasteiger partial charge in [-0.15, -0.1) is 0 Å². The van der Waals surface area contributed by atoms with Crippen LogP contribution in [0.3, 0.4) is 0 Å². The molecule has 0 amide bonds. The van der Waals surface area contributed by atoms with Gasteiger partial charge in [0.05, 0.1) is 11.0 Å². The largest absolute Gasteiger partial charge is 0.369 e. The molecular weight excluding hydrogens is 224 g/mol. The molecule has 0 aliphatic carbocycles. The second-order valence-electron chi connectivity index (χ2n) is 5.12. The molecule has 1 aromatic heterocycles. The van der Waals surface area contributed by atoms with Gasteiger partial charge in [-0.25, -0.2) is 4.98 Å². The molecule has 4 nitrogen and oxygen atoms in total. The highest BCUT2D eigenvalue weighted by Gasteiger charge is 2.07. The van der Waals surface area contributed by atoms with Gasteiger partial charge in [-0.2, -0.15) is 0 Å². The minimum absolute atomic E-state index is 0.625. The molecule has 18 heavy (non-hydrogen) atoms. The number of aryl methyl sites for hydroxylation is 2. The number of nitrogen functional groups attached to an aromatic ring is 1. The van der Waals surface area contributed by atoms with E-state index in [1.54, 1.807) is 0 Å². The number of nitrogens with two attached hydrogens (primary N) is 1. The van der Waals surface area contributed by atoms with Crippen molar-refractivity contribution in [1.82, 2.24) is 14.5 Å². The number of nitrogens with zero attached hydrogens (tertiary/aromatic N) is 3. The predicted molar refractivity (Wildman–Crippen MR) is 76.7 cm³/mol. The van der Waals surface area contributed by atoms with Gasteiger partial charge in [0, 0.05) is 6.54 Å². The van der Waals surface area contributed by atoms with Crippen LogP contribution in [0.5, 0.6) is 0 Å². The van der Waals surface area contributed by atoms with Crippen LogP contribution in [0, 0.1) is 6.92 Å². The Hall–Kier alpha value is -1.55. The van der Waals surface area contributed by atoms with Crippen LogP contribution < -0.4 is 5.73 Å². The Morgan fingerprint density at radius 2 is 2.06 bits per heavy atom. The number of imidazole rings is 1. The summed E-state index contributed by atoms with van der Waals surface area (Å²) in [6.45, 7) is 4.16. The van der Waals surface area contributed by atoms with Gasteiger partial charge in [0.15, 0.2) is 0 Å². The van der Waals surface area contributed by atoms with Gasteiger partial charge in [-0.3, -0.25) is 0 Å². The molecule has 0 saturated carbocycles. The zero-order valence-electron chi connectivity index (χ0n) is 11.5. The first-order chi connectivity index (χ1) is 8.58. The summed E-state index contributed by atoms with van der Waals surface area (Å²) in [5.41, 5.74) is 9.38. The molecule has 1 heterocycles. The zero-order chi connectivity index (χ0) is 13.1. The molecule has 2 rings (SSSR count). The topological polar surface area (TPSA) is 47.1 Å². The summed E-state index contributed by atoms with van der Waals surface area (Å²) in [6, 6.07) is 6.27. The van der Waals surface area contributed by atoms with Crippen molar-refractivity contribution in [2.45, 2.75) is 26.3 Å². The summed E-state index contributed by atoms with van der Waals surface area (Å²) < 4.78 is 2.12. The molecule has 0 saturated heterocycles. The van der Waals surface area contributed by atoms with E-state index in [9.17, 15) is 0 Å². The quantitative estimate of drug-likeness (QED) is 0.823. The molecule has 0 bridgehead atoms. The maximum absolute atomic E-state index is 5.99. The summed E-state index contributed by atoms with van der Waals surface area (Å²) in [7, 11) is 4.20. The molecular formula is C14H22N4. The fourth-order valence-electron chi connectivity index (χ4n) is 2.18. The SMILES string of the molecule is Cc1ccc2nc(N)n(CCCCN(C)C)c2c1. The second kappa shape index (κ2) is 5.40. The van der Waals surface area contributed by atoms with Crippen molar-refractivity contribution in [2.75, 3.05) is 26.4 Å². The molecule has 4 heteroatoms. The van der Waals surface area contributed by atoms with Crippen LogP contribution >= 0.6 is 0 Å². The Labute approximate surface area is 108 Å². The van der Waals surface area contributed by atoms with Gasteiger partial charge in [-0.1, -0.05) is 6.07 Å². The van der Waals surface area contributed by atoms with Crippen LogP contribution in [-0.4, -0.2) is 35.1 Å². The number of hydrogen-bond acceptors (Lipinski definition) is 3. The van der Waals surface area contributed by atoms with E-state index in [1.165, 1.54) is 12.0 Å². The standard InChI is InChI=1S/C14H22N4/c1-11-6-7-12-13(10-11)18(14(15)16-12)9-5-4-8-17(2)3/h6-7,10H,4-5,8-9H2,1-3H3,(H2,15,16). The van der Waals surface area contributed by atoms with E-state index < -0.39 is 0 Å². The lowest BCUT2D eigenvalue weighted by Crippen LogP contribution is -2.13. The van der Waals surface area contributed by atoms with Crippen molar-refractivity contribution in [2.24, 2.45) is 0 Å². The monoisotopic (exact) mass is 246 g/mol. The first-order valence-electron chi connectivity index (χ1n) is 6.45. The van der Waals surface area contributed by atoms with E-state index in [2.05, 4.69) is 47.6 Å². The van der Waals surface area contributed by atoms with Crippen molar-refractivity contribution in [3.8, 4) is 0 Å². The van der Waals surface area contributed by atoms with Gasteiger partial charge in [-0.05, 0) is 58.1 Å². The molecule has 0 aliphatic rings. The average Bonchev–Trinajstić information content (AvgIpc) is 2.60. The maximum Gasteiger partial charge on any atom is 0.201 e. The predicted octanol–water partition coefficient (Wildman–Crippen LogP) is 2.27. The molecule has 0 fully saturated rings. The van der Waals surface area contributed by atoms with Gasteiger partial charge >= 0.3 is 0 Å². The van der Waals surface area contributed by atoms with Crippen LogP contribution in [0.2, 0.25) is 0 Å². The average molecular weight is 246 g/mol. The van der Waals surface area contributed by atoms with Gasteiger partial charge in [0.1, 0.15) is 0 Å². The van der Waals surface area contributed by atoms with Crippen LogP contribution in [-0.2, 0) is 6.54 Å². The second-order valence-corrected chi connectivity index (χ2v) is 5.12. The normalized spacial score (nSPS) is 11.6. The smallest absolute Gasteiger partial charge is 0.201 e. The molecule has 0 atom stereocenters. The van der Waals surface area contributed by atoms with E-state index in [-0.39, 0.29) is 0 Å². The molecule has 0 aliphatic heterocycles. The summed E-state index contributed by atoms with van der Waals surface area (Å²) in [4.78, 5) is 6.61. The number of fused-ring (bicyclic) bond motifs is 1. The van der Waals surface area contributed by atoms with Crippen molar-refractivity contribution < 1.29 is 0 Å². The fraction of sp³-hybridized carbons (Fsp3) is 0.500. The van der Waals surface area contributed by atoms with Crippen LogP contribution in [0.25, 0.3) is 11.0 Å². The Kier molecular flexibility index (Phi) is 3.87. The molecule has 0 spiro atoms. The molecule has 98 valence electrons. The summed E-state index contributed by atoms with van der Waals surface area (Å²) >= 11 is 0. The van der Waals surface area contributed by atoms with E-state index >= 15 is 0 Å². The Morgan fingerprint density at radius 1 is 1.28 bits per heavy atom. The Balaban J connectivity index is 2.12. The number of benzene rings is 1. The number of aromatic nitrogens is 2. The van der Waals surface area contributed by atoms with E-state index in [1.807, 2.05) is 6.07 Å². The van der Waals surface area contributed by atoms with Crippen molar-refractivity contribution in [3.63, 3.8) is 0 Å². The third kappa shape index (κ3) is 2.82. The lowest BCUT2D eigenvalue weighted by atomic mass is 10.2. The highest BCUT2D eigenvalue weighted by atomic mass is 15.1. The lowest BCUT2D eigenvalue weighted by molar-refractivity contribution is 0.388. The first-order valence-corrected chi connectivity index (χ1v) is 6.45. The third-order valence-corrected chi connectivity index (χ3v) is 3.17.